The molecule has 35 heavy (non-hydrogen) atoms. The highest BCUT2D eigenvalue weighted by molar-refractivity contribution is 7.99. The minimum absolute atomic E-state index is 0.0172. The normalized spacial score (nSPS) is 10.5. The van der Waals surface area contributed by atoms with Gasteiger partial charge in [-0.2, -0.15) is 0 Å². The van der Waals surface area contributed by atoms with Crippen LogP contribution in [0.1, 0.15) is 32.1 Å². The SMILES string of the molecule is COc1ccc(C(=O)NCc2nnc(SCC(=O)Nc3cccc(C(=O)[O-])c3C)n2C)cc1OC. The van der Waals surface area contributed by atoms with Crippen molar-refractivity contribution in [1.29, 1.82) is 0 Å². The highest BCUT2D eigenvalue weighted by atomic mass is 32.2. The number of nitrogens with one attached hydrogen (secondary N) is 2. The molecule has 11 nitrogen and oxygen atoms in total. The molecule has 184 valence electrons. The van der Waals surface area contributed by atoms with Crippen LogP contribution in [0.5, 0.6) is 11.5 Å². The molecule has 2 N–H and O–H groups in total. The van der Waals surface area contributed by atoms with E-state index >= 15 is 0 Å². The first-order chi connectivity index (χ1) is 16.7. The van der Waals surface area contributed by atoms with Crippen LogP contribution in [0.15, 0.2) is 41.6 Å². The number of aromatic nitrogens is 3. The van der Waals surface area contributed by atoms with Gasteiger partial charge in [0.2, 0.25) is 5.91 Å². The molecule has 0 atom stereocenters. The second kappa shape index (κ2) is 11.4. The molecule has 2 aromatic carbocycles. The average molecular weight is 499 g/mol. The van der Waals surface area contributed by atoms with E-state index in [0.717, 1.165) is 11.8 Å². The lowest BCUT2D eigenvalue weighted by Gasteiger charge is -2.13. The lowest BCUT2D eigenvalue weighted by Crippen LogP contribution is -2.24. The molecule has 3 aromatic rings. The molecule has 0 aliphatic carbocycles. The molecule has 2 amide bonds. The summed E-state index contributed by atoms with van der Waals surface area (Å²) < 4.78 is 12.1. The number of amides is 2. The highest BCUT2D eigenvalue weighted by Gasteiger charge is 2.15. The molecule has 0 bridgehead atoms. The van der Waals surface area contributed by atoms with Crippen molar-refractivity contribution in [2.24, 2.45) is 7.05 Å². The largest absolute Gasteiger partial charge is 0.545 e. The maximum Gasteiger partial charge on any atom is 0.251 e. The highest BCUT2D eigenvalue weighted by Crippen LogP contribution is 2.27. The summed E-state index contributed by atoms with van der Waals surface area (Å²) in [6, 6.07) is 9.41. The number of benzene rings is 2. The number of thioether (sulfide) groups is 1. The lowest BCUT2D eigenvalue weighted by molar-refractivity contribution is -0.255. The molecular weight excluding hydrogens is 474 g/mol. The molecule has 0 saturated heterocycles. The molecule has 0 radical (unpaired) electrons. The summed E-state index contributed by atoms with van der Waals surface area (Å²) in [5.41, 5.74) is 1.23. The van der Waals surface area contributed by atoms with E-state index in [1.54, 1.807) is 42.8 Å². The lowest BCUT2D eigenvalue weighted by atomic mass is 10.1. The minimum atomic E-state index is -1.31. The Morgan fingerprint density at radius 1 is 1.09 bits per heavy atom. The van der Waals surface area contributed by atoms with E-state index in [4.69, 9.17) is 9.47 Å². The fourth-order valence-electron chi connectivity index (χ4n) is 3.17. The van der Waals surface area contributed by atoms with E-state index in [0.29, 0.717) is 39.3 Å². The number of methoxy groups -OCH3 is 2. The zero-order valence-corrected chi connectivity index (χ0v) is 20.4. The molecular formula is C23H24N5O6S-. The van der Waals surface area contributed by atoms with Crippen LogP contribution in [0.2, 0.25) is 0 Å². The van der Waals surface area contributed by atoms with Gasteiger partial charge in [-0.15, -0.1) is 10.2 Å². The van der Waals surface area contributed by atoms with Gasteiger partial charge in [0.15, 0.2) is 22.5 Å². The average Bonchev–Trinajstić information content (AvgIpc) is 3.20. The number of aromatic carboxylic acids is 1. The Morgan fingerprint density at radius 3 is 2.51 bits per heavy atom. The second-order valence-electron chi connectivity index (χ2n) is 7.31. The first-order valence-electron chi connectivity index (χ1n) is 10.4. The van der Waals surface area contributed by atoms with E-state index < -0.39 is 5.97 Å². The Kier molecular flexibility index (Phi) is 8.31. The van der Waals surface area contributed by atoms with Crippen LogP contribution in [0.4, 0.5) is 5.69 Å². The first-order valence-corrected chi connectivity index (χ1v) is 11.4. The van der Waals surface area contributed by atoms with Crippen LogP contribution in [-0.4, -0.2) is 52.5 Å². The smallest absolute Gasteiger partial charge is 0.251 e. The van der Waals surface area contributed by atoms with E-state index in [-0.39, 0.29) is 29.7 Å². The van der Waals surface area contributed by atoms with Crippen LogP contribution in [0.25, 0.3) is 0 Å². The van der Waals surface area contributed by atoms with E-state index in [1.807, 2.05) is 0 Å². The van der Waals surface area contributed by atoms with Crippen molar-refractivity contribution in [3.8, 4) is 11.5 Å². The summed E-state index contributed by atoms with van der Waals surface area (Å²) in [4.78, 5) is 36.1. The van der Waals surface area contributed by atoms with Crippen LogP contribution >= 0.6 is 11.8 Å². The number of carboxylic acid groups (broad SMARTS) is 1. The molecule has 0 aliphatic heterocycles. The van der Waals surface area contributed by atoms with Crippen LogP contribution in [0.3, 0.4) is 0 Å². The first kappa shape index (κ1) is 25.6. The number of carbonyl (C=O) groups is 3. The Balaban J connectivity index is 1.57. The number of carboxylic acids is 1. The van der Waals surface area contributed by atoms with Crippen LogP contribution < -0.4 is 25.2 Å². The molecule has 0 unspecified atom stereocenters. The standard InChI is InChI=1S/C23H25N5O6S/c1-13-15(22(31)32)6-5-7-16(13)25-20(29)12-35-23-27-26-19(28(23)2)11-24-21(30)14-8-9-17(33-3)18(10-14)34-4/h5-10H,11-12H2,1-4H3,(H,24,30)(H,25,29)(H,31,32)/p-1. The summed E-state index contributed by atoms with van der Waals surface area (Å²) >= 11 is 1.16. The van der Waals surface area contributed by atoms with Crippen LogP contribution in [-0.2, 0) is 18.4 Å². The number of rotatable bonds is 10. The Morgan fingerprint density at radius 2 is 1.83 bits per heavy atom. The number of hydrogen-bond acceptors (Lipinski definition) is 9. The number of hydrogen-bond donors (Lipinski definition) is 2. The molecule has 0 aliphatic rings. The number of anilines is 1. The molecule has 1 aromatic heterocycles. The van der Waals surface area contributed by atoms with Crippen molar-refractivity contribution in [3.63, 3.8) is 0 Å². The van der Waals surface area contributed by atoms with Gasteiger partial charge in [-0.05, 0) is 36.8 Å². The van der Waals surface area contributed by atoms with Gasteiger partial charge >= 0.3 is 0 Å². The van der Waals surface area contributed by atoms with Crippen molar-refractivity contribution in [2.75, 3.05) is 25.3 Å². The Labute approximate surface area is 205 Å². The molecule has 0 saturated carbocycles. The van der Waals surface area contributed by atoms with Crippen molar-refractivity contribution in [2.45, 2.75) is 18.6 Å². The van der Waals surface area contributed by atoms with Crippen molar-refractivity contribution < 1.29 is 29.0 Å². The third-order valence-corrected chi connectivity index (χ3v) is 6.16. The van der Waals surface area contributed by atoms with Gasteiger partial charge < -0.3 is 34.6 Å². The third-order valence-electron chi connectivity index (χ3n) is 5.14. The third kappa shape index (κ3) is 6.09. The van der Waals surface area contributed by atoms with E-state index in [2.05, 4.69) is 20.8 Å². The monoisotopic (exact) mass is 498 g/mol. The predicted octanol–water partition coefficient (Wildman–Crippen LogP) is 1.17. The van der Waals surface area contributed by atoms with Gasteiger partial charge in [0, 0.05) is 23.9 Å². The van der Waals surface area contributed by atoms with Crippen molar-refractivity contribution >= 4 is 35.2 Å². The van der Waals surface area contributed by atoms with Crippen molar-refractivity contribution in [1.82, 2.24) is 20.1 Å². The maximum atomic E-state index is 12.5. The molecule has 1 heterocycles. The molecule has 12 heteroatoms. The van der Waals surface area contributed by atoms with Crippen LogP contribution in [0, 0.1) is 6.92 Å². The summed E-state index contributed by atoms with van der Waals surface area (Å²) in [7, 11) is 4.73. The Bertz CT molecular complexity index is 1260. The summed E-state index contributed by atoms with van der Waals surface area (Å²) in [6.45, 7) is 1.72. The quantitative estimate of drug-likeness (QED) is 0.393. The van der Waals surface area contributed by atoms with E-state index in [1.165, 1.54) is 26.4 Å². The Hall–Kier alpha value is -4.06. The van der Waals surface area contributed by atoms with Gasteiger partial charge in [0.25, 0.3) is 5.91 Å². The predicted molar refractivity (Wildman–Crippen MR) is 127 cm³/mol. The molecule has 0 spiro atoms. The van der Waals surface area contributed by atoms with Gasteiger partial charge in [0.1, 0.15) is 0 Å². The zero-order valence-electron chi connectivity index (χ0n) is 19.6. The summed E-state index contributed by atoms with van der Waals surface area (Å²) in [5.74, 6) is -0.477. The van der Waals surface area contributed by atoms with Gasteiger partial charge in [-0.3, -0.25) is 9.59 Å². The zero-order chi connectivity index (χ0) is 25.5. The fourth-order valence-corrected chi connectivity index (χ4v) is 3.90. The van der Waals surface area contributed by atoms with E-state index in [9.17, 15) is 19.5 Å². The second-order valence-corrected chi connectivity index (χ2v) is 8.26. The minimum Gasteiger partial charge on any atom is -0.545 e. The van der Waals surface area contributed by atoms with Gasteiger partial charge in [0.05, 0.1) is 32.5 Å². The molecule has 0 fully saturated rings. The van der Waals surface area contributed by atoms with Crippen molar-refractivity contribution in [3.05, 3.63) is 58.9 Å². The topological polar surface area (TPSA) is 148 Å². The number of carbonyl (C=O) groups excluding carboxylic acids is 3. The maximum absolute atomic E-state index is 12.5. The van der Waals surface area contributed by atoms with Gasteiger partial charge in [-0.25, -0.2) is 0 Å². The summed E-state index contributed by atoms with van der Waals surface area (Å²) in [5, 5.41) is 25.3. The fraction of sp³-hybridized carbons (Fsp3) is 0.261. The number of ether oxygens (including phenoxy) is 2. The number of nitrogens with zero attached hydrogens (tertiary/aromatic N) is 3. The molecule has 3 rings (SSSR count). The summed E-state index contributed by atoms with van der Waals surface area (Å²) in [6.07, 6.45) is 0. The van der Waals surface area contributed by atoms with Gasteiger partial charge in [-0.1, -0.05) is 23.9 Å².